The van der Waals surface area contributed by atoms with E-state index < -0.39 is 10.7 Å². The Labute approximate surface area is 145 Å². The highest BCUT2D eigenvalue weighted by molar-refractivity contribution is 6.31. The second-order valence-electron chi connectivity index (χ2n) is 4.90. The maximum atomic E-state index is 13.2. The van der Waals surface area contributed by atoms with Gasteiger partial charge in [-0.05, 0) is 18.2 Å². The Bertz CT molecular complexity index is 969. The first kappa shape index (κ1) is 16.7. The number of rotatable bonds is 5. The standard InChI is InChI=1S/C15H11ClFN5O3/c1-25-14-6-12-9(5-13(14)22(23)24)15(19-7-18-12)21-20-8-2-3-11(17)10(16)4-8/h2-7,20H,1H3,(H,18,19,21). The summed E-state index contributed by atoms with van der Waals surface area (Å²) in [4.78, 5) is 18.8. The summed E-state index contributed by atoms with van der Waals surface area (Å²) in [6, 6.07) is 6.84. The molecule has 0 saturated carbocycles. The molecule has 10 heteroatoms. The molecule has 0 spiro atoms. The first-order valence-electron chi connectivity index (χ1n) is 6.94. The Morgan fingerprint density at radius 3 is 2.72 bits per heavy atom. The quantitative estimate of drug-likeness (QED) is 0.525. The van der Waals surface area contributed by atoms with E-state index in [1.807, 2.05) is 0 Å². The number of fused-ring (bicyclic) bond motifs is 1. The van der Waals surface area contributed by atoms with E-state index in [-0.39, 0.29) is 16.5 Å². The fraction of sp³-hybridized carbons (Fsp3) is 0.0667. The van der Waals surface area contributed by atoms with Gasteiger partial charge in [0.15, 0.2) is 11.6 Å². The molecule has 0 saturated heterocycles. The van der Waals surface area contributed by atoms with Crippen molar-refractivity contribution in [3.05, 3.63) is 57.6 Å². The highest BCUT2D eigenvalue weighted by atomic mass is 35.5. The fourth-order valence-corrected chi connectivity index (χ4v) is 2.36. The number of nitro benzene ring substituents is 1. The van der Waals surface area contributed by atoms with Crippen LogP contribution in [0.1, 0.15) is 0 Å². The van der Waals surface area contributed by atoms with Crippen molar-refractivity contribution in [3.63, 3.8) is 0 Å². The van der Waals surface area contributed by atoms with Gasteiger partial charge in [-0.1, -0.05) is 11.6 Å². The van der Waals surface area contributed by atoms with E-state index in [2.05, 4.69) is 20.8 Å². The number of hydrazine groups is 1. The number of halogens is 2. The molecule has 0 aliphatic rings. The van der Waals surface area contributed by atoms with Crippen LogP contribution in [0.5, 0.6) is 5.75 Å². The van der Waals surface area contributed by atoms with Gasteiger partial charge in [0.25, 0.3) is 0 Å². The Hall–Kier alpha value is -3.20. The van der Waals surface area contributed by atoms with Crippen molar-refractivity contribution in [1.82, 2.24) is 9.97 Å². The zero-order valence-corrected chi connectivity index (χ0v) is 13.5. The van der Waals surface area contributed by atoms with Gasteiger partial charge >= 0.3 is 5.69 Å². The number of nitro groups is 1. The normalized spacial score (nSPS) is 10.5. The van der Waals surface area contributed by atoms with Crippen LogP contribution in [0.3, 0.4) is 0 Å². The average Bonchev–Trinajstić information content (AvgIpc) is 2.61. The van der Waals surface area contributed by atoms with E-state index in [1.165, 1.54) is 43.8 Å². The van der Waals surface area contributed by atoms with Crippen LogP contribution in [0.4, 0.5) is 21.6 Å². The van der Waals surface area contributed by atoms with Crippen LogP contribution in [0.25, 0.3) is 10.9 Å². The molecule has 0 radical (unpaired) electrons. The SMILES string of the molecule is COc1cc2ncnc(NNc3ccc(F)c(Cl)c3)c2cc1[N+](=O)[O-]. The summed E-state index contributed by atoms with van der Waals surface area (Å²) >= 11 is 5.72. The molecule has 2 aromatic carbocycles. The third-order valence-electron chi connectivity index (χ3n) is 3.38. The van der Waals surface area contributed by atoms with Crippen molar-refractivity contribution in [1.29, 1.82) is 0 Å². The lowest BCUT2D eigenvalue weighted by Gasteiger charge is -2.12. The van der Waals surface area contributed by atoms with Crippen LogP contribution in [-0.4, -0.2) is 22.0 Å². The Kier molecular flexibility index (Phi) is 4.48. The third-order valence-corrected chi connectivity index (χ3v) is 3.67. The number of anilines is 2. The van der Waals surface area contributed by atoms with Gasteiger partial charge in [0.05, 0.1) is 33.6 Å². The Morgan fingerprint density at radius 1 is 1.24 bits per heavy atom. The fourth-order valence-electron chi connectivity index (χ4n) is 2.18. The summed E-state index contributed by atoms with van der Waals surface area (Å²) < 4.78 is 18.2. The van der Waals surface area contributed by atoms with Gasteiger partial charge in [-0.25, -0.2) is 14.4 Å². The molecule has 0 aliphatic carbocycles. The van der Waals surface area contributed by atoms with Gasteiger partial charge in [0.1, 0.15) is 12.1 Å². The number of aromatic nitrogens is 2. The Morgan fingerprint density at radius 2 is 2.04 bits per heavy atom. The number of nitrogens with one attached hydrogen (secondary N) is 2. The molecular weight excluding hydrogens is 353 g/mol. The molecule has 0 amide bonds. The predicted octanol–water partition coefficient (Wildman–Crippen LogP) is 3.78. The minimum absolute atomic E-state index is 0.0419. The molecule has 0 aliphatic heterocycles. The number of hydrogen-bond acceptors (Lipinski definition) is 7. The van der Waals surface area contributed by atoms with E-state index in [1.54, 1.807) is 0 Å². The second-order valence-corrected chi connectivity index (χ2v) is 5.31. The predicted molar refractivity (Wildman–Crippen MR) is 91.4 cm³/mol. The molecular formula is C15H11ClFN5O3. The van der Waals surface area contributed by atoms with Crippen LogP contribution in [-0.2, 0) is 0 Å². The van der Waals surface area contributed by atoms with E-state index >= 15 is 0 Å². The molecule has 1 heterocycles. The molecule has 0 bridgehead atoms. The van der Waals surface area contributed by atoms with E-state index in [4.69, 9.17) is 16.3 Å². The summed E-state index contributed by atoms with van der Waals surface area (Å²) in [6.45, 7) is 0. The van der Waals surface area contributed by atoms with Gasteiger partial charge in [-0.3, -0.25) is 21.0 Å². The summed E-state index contributed by atoms with van der Waals surface area (Å²) in [5.41, 5.74) is 6.35. The van der Waals surface area contributed by atoms with Crippen molar-refractivity contribution in [2.45, 2.75) is 0 Å². The number of methoxy groups -OCH3 is 1. The highest BCUT2D eigenvalue weighted by Crippen LogP contribution is 2.33. The average molecular weight is 364 g/mol. The molecule has 0 fully saturated rings. The van der Waals surface area contributed by atoms with E-state index in [0.29, 0.717) is 22.4 Å². The van der Waals surface area contributed by atoms with Gasteiger partial charge in [0, 0.05) is 12.1 Å². The lowest BCUT2D eigenvalue weighted by atomic mass is 10.2. The molecule has 1 aromatic heterocycles. The number of nitrogens with zero attached hydrogens (tertiary/aromatic N) is 3. The van der Waals surface area contributed by atoms with E-state index in [9.17, 15) is 14.5 Å². The van der Waals surface area contributed by atoms with Crippen LogP contribution in [0.15, 0.2) is 36.7 Å². The zero-order chi connectivity index (χ0) is 18.0. The highest BCUT2D eigenvalue weighted by Gasteiger charge is 2.18. The summed E-state index contributed by atoms with van der Waals surface area (Å²) in [7, 11) is 1.34. The Balaban J connectivity index is 1.96. The summed E-state index contributed by atoms with van der Waals surface area (Å²) in [5, 5.41) is 11.6. The van der Waals surface area contributed by atoms with Crippen LogP contribution < -0.4 is 15.6 Å². The first-order valence-corrected chi connectivity index (χ1v) is 7.31. The van der Waals surface area contributed by atoms with Gasteiger partial charge in [0.2, 0.25) is 0 Å². The third kappa shape index (κ3) is 3.36. The molecule has 8 nitrogen and oxygen atoms in total. The molecule has 3 aromatic rings. The molecule has 25 heavy (non-hydrogen) atoms. The smallest absolute Gasteiger partial charge is 0.311 e. The number of ether oxygens (including phenoxy) is 1. The van der Waals surface area contributed by atoms with Gasteiger partial charge in [-0.15, -0.1) is 0 Å². The lowest BCUT2D eigenvalue weighted by molar-refractivity contribution is -0.385. The molecule has 2 N–H and O–H groups in total. The van der Waals surface area contributed by atoms with Crippen molar-refractivity contribution in [2.75, 3.05) is 18.0 Å². The lowest BCUT2D eigenvalue weighted by Crippen LogP contribution is -2.11. The van der Waals surface area contributed by atoms with Crippen LogP contribution in [0.2, 0.25) is 5.02 Å². The monoisotopic (exact) mass is 363 g/mol. The molecule has 0 atom stereocenters. The molecule has 0 unspecified atom stereocenters. The minimum atomic E-state index is -0.553. The maximum absolute atomic E-state index is 13.2. The topological polar surface area (TPSA) is 102 Å². The molecule has 3 rings (SSSR count). The van der Waals surface area contributed by atoms with Gasteiger partial charge < -0.3 is 4.74 Å². The van der Waals surface area contributed by atoms with Crippen molar-refractivity contribution >= 4 is 39.7 Å². The summed E-state index contributed by atoms with van der Waals surface area (Å²) in [6.07, 6.45) is 1.30. The van der Waals surface area contributed by atoms with E-state index in [0.717, 1.165) is 0 Å². The van der Waals surface area contributed by atoms with Gasteiger partial charge in [-0.2, -0.15) is 0 Å². The first-order chi connectivity index (χ1) is 12.0. The van der Waals surface area contributed by atoms with Crippen molar-refractivity contribution < 1.29 is 14.1 Å². The molecule has 128 valence electrons. The number of hydrogen-bond donors (Lipinski definition) is 2. The van der Waals surface area contributed by atoms with Crippen molar-refractivity contribution in [3.8, 4) is 5.75 Å². The zero-order valence-electron chi connectivity index (χ0n) is 12.8. The minimum Gasteiger partial charge on any atom is -0.490 e. The van der Waals surface area contributed by atoms with Crippen molar-refractivity contribution in [2.24, 2.45) is 0 Å². The maximum Gasteiger partial charge on any atom is 0.311 e. The second kappa shape index (κ2) is 6.73. The van der Waals surface area contributed by atoms with Crippen LogP contribution >= 0.6 is 11.6 Å². The summed E-state index contributed by atoms with van der Waals surface area (Å²) in [5.74, 6) is -0.140. The largest absolute Gasteiger partial charge is 0.490 e. The number of benzene rings is 2. The van der Waals surface area contributed by atoms with Crippen LogP contribution in [0, 0.1) is 15.9 Å².